The van der Waals surface area contributed by atoms with Crippen molar-refractivity contribution < 1.29 is 4.79 Å². The minimum absolute atomic E-state index is 0.287. The van der Waals surface area contributed by atoms with Crippen LogP contribution < -0.4 is 22.1 Å². The number of nitrogens with two attached hydrogens (primary N) is 2. The van der Waals surface area contributed by atoms with Gasteiger partial charge < -0.3 is 26.7 Å². The van der Waals surface area contributed by atoms with E-state index in [1.165, 1.54) is 12.8 Å². The fourth-order valence-electron chi connectivity index (χ4n) is 4.85. The average molecular weight is 435 g/mol. The summed E-state index contributed by atoms with van der Waals surface area (Å²) in [7, 11) is 0. The summed E-state index contributed by atoms with van der Waals surface area (Å²) in [6.07, 6.45) is 10.6. The molecule has 0 bridgehead atoms. The van der Waals surface area contributed by atoms with Crippen LogP contribution in [0.25, 0.3) is 11.2 Å². The van der Waals surface area contributed by atoms with Crippen molar-refractivity contribution in [3.63, 3.8) is 0 Å². The Morgan fingerprint density at radius 2 is 1.84 bits per heavy atom. The van der Waals surface area contributed by atoms with Gasteiger partial charge in [0, 0.05) is 29.4 Å². The van der Waals surface area contributed by atoms with Crippen molar-refractivity contribution in [1.29, 1.82) is 0 Å². The number of hydrogen-bond donors (Lipinski definition) is 4. The Labute approximate surface area is 187 Å². The van der Waals surface area contributed by atoms with E-state index in [0.717, 1.165) is 55.4 Å². The summed E-state index contributed by atoms with van der Waals surface area (Å²) in [6, 6.07) is 8.10. The van der Waals surface area contributed by atoms with E-state index in [4.69, 9.17) is 21.4 Å². The largest absolute Gasteiger partial charge is 0.366 e. The number of carbonyl (C=O) groups excluding carboxylic acids is 1. The summed E-state index contributed by atoms with van der Waals surface area (Å²) in [5.74, 6) is 0.736. The maximum absolute atomic E-state index is 11.6. The van der Waals surface area contributed by atoms with Gasteiger partial charge in [-0.1, -0.05) is 18.9 Å². The summed E-state index contributed by atoms with van der Waals surface area (Å²) in [4.78, 5) is 25.9. The van der Waals surface area contributed by atoms with Crippen molar-refractivity contribution in [3.8, 4) is 0 Å². The molecule has 0 saturated heterocycles. The van der Waals surface area contributed by atoms with Gasteiger partial charge in [0.1, 0.15) is 0 Å². The van der Waals surface area contributed by atoms with Crippen LogP contribution >= 0.6 is 0 Å². The molecule has 5 rings (SSSR count). The zero-order chi connectivity index (χ0) is 22.1. The second-order valence-electron chi connectivity index (χ2n) is 8.98. The molecule has 1 aromatic carbocycles. The number of fused-ring (bicyclic) bond motifs is 1. The van der Waals surface area contributed by atoms with Gasteiger partial charge in [0.2, 0.25) is 11.9 Å². The summed E-state index contributed by atoms with van der Waals surface area (Å²) in [5, 5.41) is 6.86. The number of hydrogen-bond acceptors (Lipinski definition) is 7. The molecule has 9 heteroatoms. The van der Waals surface area contributed by atoms with Gasteiger partial charge in [-0.05, 0) is 56.7 Å². The lowest BCUT2D eigenvalue weighted by Gasteiger charge is -2.27. The first-order valence-electron chi connectivity index (χ1n) is 11.5. The zero-order valence-electron chi connectivity index (χ0n) is 18.1. The maximum atomic E-state index is 11.6. The predicted molar refractivity (Wildman–Crippen MR) is 125 cm³/mol. The molecule has 3 aromatic rings. The van der Waals surface area contributed by atoms with Gasteiger partial charge in [-0.2, -0.15) is 9.97 Å². The number of aromatic nitrogens is 4. The number of imidazole rings is 1. The van der Waals surface area contributed by atoms with E-state index < -0.39 is 5.91 Å². The fraction of sp³-hybridized carbons (Fsp3) is 0.478. The minimum Gasteiger partial charge on any atom is -0.366 e. The smallest absolute Gasteiger partial charge is 0.248 e. The highest BCUT2D eigenvalue weighted by molar-refractivity contribution is 5.94. The molecule has 9 nitrogen and oxygen atoms in total. The molecule has 1 amide bonds. The molecule has 2 heterocycles. The number of benzene rings is 1. The number of anilines is 3. The van der Waals surface area contributed by atoms with Crippen LogP contribution in [0.2, 0.25) is 0 Å². The van der Waals surface area contributed by atoms with Gasteiger partial charge in [-0.3, -0.25) is 4.79 Å². The number of carbonyl (C=O) groups is 1. The number of nitrogens with one attached hydrogen (secondary N) is 2. The monoisotopic (exact) mass is 434 g/mol. The highest BCUT2D eigenvalue weighted by Gasteiger charge is 2.24. The van der Waals surface area contributed by atoms with E-state index in [-0.39, 0.29) is 6.04 Å². The van der Waals surface area contributed by atoms with Crippen molar-refractivity contribution in [3.05, 3.63) is 36.2 Å². The quantitative estimate of drug-likeness (QED) is 0.466. The Morgan fingerprint density at radius 1 is 1.06 bits per heavy atom. The lowest BCUT2D eigenvalue weighted by Crippen LogP contribution is -2.33. The molecule has 2 fully saturated rings. The third-order valence-electron chi connectivity index (χ3n) is 6.65. The van der Waals surface area contributed by atoms with Gasteiger partial charge in [0.25, 0.3) is 0 Å². The number of nitrogens with zero attached hydrogens (tertiary/aromatic N) is 4. The summed E-state index contributed by atoms with van der Waals surface area (Å²) < 4.78 is 2.19. The Kier molecular flexibility index (Phi) is 5.65. The lowest BCUT2D eigenvalue weighted by atomic mass is 9.92. The average Bonchev–Trinajstić information content (AvgIpc) is 3.45. The van der Waals surface area contributed by atoms with E-state index in [0.29, 0.717) is 29.4 Å². The first kappa shape index (κ1) is 20.7. The van der Waals surface area contributed by atoms with Crippen molar-refractivity contribution in [2.24, 2.45) is 11.5 Å². The van der Waals surface area contributed by atoms with Crippen LogP contribution in [0.5, 0.6) is 0 Å². The van der Waals surface area contributed by atoms with Crippen LogP contribution in [0.3, 0.4) is 0 Å². The van der Waals surface area contributed by atoms with Crippen molar-refractivity contribution in [2.75, 3.05) is 10.6 Å². The predicted octanol–water partition coefficient (Wildman–Crippen LogP) is 3.47. The Bertz CT molecular complexity index is 1110. The van der Waals surface area contributed by atoms with Gasteiger partial charge in [0.15, 0.2) is 17.0 Å². The number of primary amides is 1. The molecular weight excluding hydrogens is 404 g/mol. The van der Waals surface area contributed by atoms with E-state index in [1.807, 2.05) is 12.4 Å². The summed E-state index contributed by atoms with van der Waals surface area (Å²) in [5.41, 5.74) is 14.2. The van der Waals surface area contributed by atoms with Crippen molar-refractivity contribution >= 4 is 34.5 Å². The number of amides is 1. The van der Waals surface area contributed by atoms with E-state index >= 15 is 0 Å². The second kappa shape index (κ2) is 8.74. The normalized spacial score (nSPS) is 21.7. The number of rotatable bonds is 6. The van der Waals surface area contributed by atoms with Crippen LogP contribution in [0.15, 0.2) is 30.6 Å². The molecule has 0 radical (unpaired) electrons. The Balaban J connectivity index is 1.51. The summed E-state index contributed by atoms with van der Waals surface area (Å²) in [6.45, 7) is 0. The molecule has 2 aromatic heterocycles. The lowest BCUT2D eigenvalue weighted by molar-refractivity contribution is 0.100. The third kappa shape index (κ3) is 4.25. The first-order valence-corrected chi connectivity index (χ1v) is 11.5. The third-order valence-corrected chi connectivity index (χ3v) is 6.65. The molecule has 32 heavy (non-hydrogen) atoms. The van der Waals surface area contributed by atoms with E-state index in [9.17, 15) is 4.79 Å². The highest BCUT2D eigenvalue weighted by atomic mass is 16.1. The van der Waals surface area contributed by atoms with Crippen LogP contribution in [0, 0.1) is 0 Å². The molecule has 0 atom stereocenters. The fourth-order valence-corrected chi connectivity index (χ4v) is 4.85. The molecule has 0 unspecified atom stereocenters. The van der Waals surface area contributed by atoms with E-state index in [2.05, 4.69) is 20.2 Å². The summed E-state index contributed by atoms with van der Waals surface area (Å²) >= 11 is 0. The second-order valence-corrected chi connectivity index (χ2v) is 8.98. The van der Waals surface area contributed by atoms with E-state index in [1.54, 1.807) is 18.2 Å². The topological polar surface area (TPSA) is 137 Å². The van der Waals surface area contributed by atoms with Crippen LogP contribution in [0.4, 0.5) is 17.5 Å². The maximum Gasteiger partial charge on any atom is 0.248 e. The zero-order valence-corrected chi connectivity index (χ0v) is 18.1. The highest BCUT2D eigenvalue weighted by Crippen LogP contribution is 2.34. The SMILES string of the molecule is NC(=O)c1cccc(Nc2nc(N[C@H]3CC[C@H](N)CC3)nc3c2ncn3C2CCCC2)c1. The molecular formula is C23H30N8O. The molecule has 0 spiro atoms. The van der Waals surface area contributed by atoms with Gasteiger partial charge in [-0.25, -0.2) is 4.98 Å². The van der Waals surface area contributed by atoms with Gasteiger partial charge >= 0.3 is 0 Å². The molecule has 168 valence electrons. The standard InChI is InChI=1S/C23H30N8O/c24-15-8-10-16(11-9-15)28-23-29-21(27-17-5-3-4-14(12-17)20(25)32)19-22(30-23)31(13-26-19)18-6-1-2-7-18/h3-5,12-13,15-16,18H,1-2,6-11,24H2,(H2,25,32)(H2,27,28,29,30)/t15-,16-. The first-order chi connectivity index (χ1) is 15.6. The van der Waals surface area contributed by atoms with Crippen LogP contribution in [-0.4, -0.2) is 37.5 Å². The van der Waals surface area contributed by atoms with Crippen molar-refractivity contribution in [2.45, 2.75) is 69.5 Å². The minimum atomic E-state index is -0.468. The molecule has 2 aliphatic rings. The van der Waals surface area contributed by atoms with Crippen molar-refractivity contribution in [1.82, 2.24) is 19.5 Å². The van der Waals surface area contributed by atoms with Gasteiger partial charge in [0.05, 0.1) is 6.33 Å². The molecule has 6 N–H and O–H groups in total. The van der Waals surface area contributed by atoms with Crippen LogP contribution in [0.1, 0.15) is 67.8 Å². The molecule has 0 aliphatic heterocycles. The van der Waals surface area contributed by atoms with Gasteiger partial charge in [-0.15, -0.1) is 0 Å². The molecule has 2 saturated carbocycles. The Morgan fingerprint density at radius 3 is 2.59 bits per heavy atom. The van der Waals surface area contributed by atoms with Crippen LogP contribution in [-0.2, 0) is 0 Å². The Hall–Kier alpha value is -3.20. The molecule has 2 aliphatic carbocycles.